The summed E-state index contributed by atoms with van der Waals surface area (Å²) in [5, 5.41) is 21.0. The van der Waals surface area contributed by atoms with Gasteiger partial charge in [-0.05, 0) is 72.7 Å². The molecule has 0 bridgehead atoms. The van der Waals surface area contributed by atoms with Gasteiger partial charge >= 0.3 is 0 Å². The molecular weight excluding hydrogens is 525 g/mol. The first kappa shape index (κ1) is 33.8. The minimum Gasteiger partial charge on any atom is -0.520 e. The molecule has 0 aromatic heterocycles. The molecule has 1 aromatic rings. The quantitative estimate of drug-likeness (QED) is 0.0618. The van der Waals surface area contributed by atoms with Crippen molar-refractivity contribution in [2.45, 2.75) is 98.1 Å². The van der Waals surface area contributed by atoms with E-state index in [2.05, 4.69) is 38.4 Å². The second-order valence-corrected chi connectivity index (χ2v) is 16.8. The molecule has 38 heavy (non-hydrogen) atoms. The van der Waals surface area contributed by atoms with Gasteiger partial charge in [-0.15, -0.1) is 0 Å². The molecule has 0 aliphatic carbocycles. The Kier molecular flexibility index (Phi) is 14.8. The predicted molar refractivity (Wildman–Crippen MR) is 152 cm³/mol. The molecule has 214 valence electrons. The van der Waals surface area contributed by atoms with Gasteiger partial charge in [0, 0.05) is 31.1 Å². The van der Waals surface area contributed by atoms with Crippen LogP contribution in [0.3, 0.4) is 0 Å². The number of ether oxygens (including phenoxy) is 2. The summed E-state index contributed by atoms with van der Waals surface area (Å²) in [6, 6.07) is 5.54. The Bertz CT molecular complexity index is 940. The van der Waals surface area contributed by atoms with Crippen molar-refractivity contribution in [1.29, 1.82) is 5.26 Å². The first-order chi connectivity index (χ1) is 17.8. The molecule has 0 N–H and O–H groups in total. The zero-order valence-electron chi connectivity index (χ0n) is 24.1. The number of methoxy groups -OCH3 is 1. The van der Waals surface area contributed by atoms with E-state index in [0.717, 1.165) is 6.42 Å². The summed E-state index contributed by atoms with van der Waals surface area (Å²) in [6.45, 7) is 14.6. The maximum Gasteiger partial charge on any atom is 0.292 e. The number of carbonyl (C=O) groups is 1. The fourth-order valence-corrected chi connectivity index (χ4v) is 6.81. The maximum absolute atomic E-state index is 11.9. The smallest absolute Gasteiger partial charge is 0.292 e. The lowest BCUT2D eigenvalue weighted by Crippen LogP contribution is -2.33. The first-order valence-corrected chi connectivity index (χ1v) is 17.9. The number of nitro benzene ring substituents is 1. The van der Waals surface area contributed by atoms with Crippen LogP contribution in [0.5, 0.6) is 11.5 Å². The highest BCUT2D eigenvalue weighted by atomic mass is 31.2. The zero-order valence-corrected chi connectivity index (χ0v) is 26.0. The Morgan fingerprint density at radius 3 is 2.32 bits per heavy atom. The van der Waals surface area contributed by atoms with E-state index in [9.17, 15) is 14.9 Å². The summed E-state index contributed by atoms with van der Waals surface area (Å²) in [7, 11) is -1.51. The van der Waals surface area contributed by atoms with Crippen LogP contribution in [-0.2, 0) is 20.4 Å². The molecule has 0 amide bonds. The molecule has 0 aliphatic heterocycles. The summed E-state index contributed by atoms with van der Waals surface area (Å²) >= 11 is 0. The second-order valence-electron chi connectivity index (χ2n) is 10.5. The summed E-state index contributed by atoms with van der Waals surface area (Å²) < 4.78 is 25.2. The molecule has 1 aromatic carbocycles. The van der Waals surface area contributed by atoms with Crippen LogP contribution in [0.25, 0.3) is 0 Å². The number of unbranched alkanes of at least 4 members (excludes halogenated alkanes) is 2. The van der Waals surface area contributed by atoms with Crippen molar-refractivity contribution < 1.29 is 28.1 Å². The van der Waals surface area contributed by atoms with Crippen molar-refractivity contribution in [3.8, 4) is 17.6 Å². The fourth-order valence-electron chi connectivity index (χ4n) is 3.92. The normalized spacial score (nSPS) is 12.5. The average Bonchev–Trinajstić information content (AvgIpc) is 2.80. The largest absolute Gasteiger partial charge is 0.520 e. The van der Waals surface area contributed by atoms with Crippen molar-refractivity contribution >= 4 is 28.3 Å². The van der Waals surface area contributed by atoms with E-state index in [0.29, 0.717) is 55.5 Å². The zero-order chi connectivity index (χ0) is 28.9. The van der Waals surface area contributed by atoms with Crippen molar-refractivity contribution in [2.75, 3.05) is 19.9 Å². The van der Waals surface area contributed by atoms with Gasteiger partial charge in [-0.1, -0.05) is 0 Å². The third-order valence-corrected chi connectivity index (χ3v) is 8.68. The van der Waals surface area contributed by atoms with Crippen LogP contribution < -0.4 is 9.47 Å². The fraction of sp³-hybridized carbons (Fsp3) is 0.692. The van der Waals surface area contributed by atoms with Crippen LogP contribution in [0.1, 0.15) is 65.4 Å². The summed E-state index contributed by atoms with van der Waals surface area (Å²) in [5.41, 5.74) is 0.280. The third kappa shape index (κ3) is 12.1. The lowest BCUT2D eigenvalue weighted by atomic mass is 10.1. The number of benzene rings is 1. The van der Waals surface area contributed by atoms with Crippen LogP contribution >= 0.6 is 8.30 Å². The maximum atomic E-state index is 11.9. The third-order valence-electron chi connectivity index (χ3n) is 5.36. The van der Waals surface area contributed by atoms with Gasteiger partial charge in [-0.25, -0.2) is 0 Å². The molecule has 0 spiro atoms. The van der Waals surface area contributed by atoms with Crippen molar-refractivity contribution in [3.05, 3.63) is 27.8 Å². The van der Waals surface area contributed by atoms with Crippen LogP contribution in [0.2, 0.25) is 19.6 Å². The lowest BCUT2D eigenvalue weighted by Gasteiger charge is -2.36. The molecule has 12 heteroatoms. The highest BCUT2D eigenvalue weighted by molar-refractivity contribution is 7.50. The number of nitrogens with zero attached hydrogens (tertiary/aromatic N) is 3. The van der Waals surface area contributed by atoms with Gasteiger partial charge in [0.05, 0.1) is 42.9 Å². The topological polar surface area (TPSA) is 124 Å². The van der Waals surface area contributed by atoms with Crippen molar-refractivity contribution in [2.24, 2.45) is 0 Å². The molecule has 0 aliphatic rings. The Morgan fingerprint density at radius 2 is 1.79 bits per heavy atom. The number of hydrogen-bond donors (Lipinski definition) is 0. The lowest BCUT2D eigenvalue weighted by molar-refractivity contribution is -0.385. The Labute approximate surface area is 229 Å². The Hall–Kier alpha value is -2.25. The van der Waals surface area contributed by atoms with Gasteiger partial charge < -0.3 is 18.4 Å². The highest BCUT2D eigenvalue weighted by Gasteiger charge is 2.27. The first-order valence-electron chi connectivity index (χ1n) is 13.1. The van der Waals surface area contributed by atoms with E-state index in [4.69, 9.17) is 23.7 Å². The summed E-state index contributed by atoms with van der Waals surface area (Å²) in [6.07, 6.45) is 3.43. The van der Waals surface area contributed by atoms with Crippen LogP contribution in [0.4, 0.5) is 5.69 Å². The van der Waals surface area contributed by atoms with Gasteiger partial charge in [-0.2, -0.15) is 5.26 Å². The standard InChI is InChI=1S/C26H44N3O7PSi/c1-20(2)28(21(3)4)37(16-12-14-27)35-19-22-17-24(33-5)25(18-23(22)29(31)32)34-15-11-9-10-13-26(30)36-38(6,7)8/h17-18,20-21H,9-13,15-16,19H2,1-8H3. The van der Waals surface area contributed by atoms with Crippen LogP contribution in [0, 0.1) is 21.4 Å². The molecule has 1 rings (SSSR count). The Morgan fingerprint density at radius 1 is 1.13 bits per heavy atom. The van der Waals surface area contributed by atoms with E-state index in [1.54, 1.807) is 6.07 Å². The monoisotopic (exact) mass is 569 g/mol. The average molecular weight is 570 g/mol. The molecule has 0 saturated carbocycles. The minimum atomic E-state index is -1.87. The van der Waals surface area contributed by atoms with E-state index in [-0.39, 0.29) is 30.3 Å². The van der Waals surface area contributed by atoms with E-state index in [1.807, 2.05) is 19.6 Å². The molecule has 1 atom stereocenters. The minimum absolute atomic E-state index is 0.0214. The Balaban J connectivity index is 2.88. The predicted octanol–water partition coefficient (Wildman–Crippen LogP) is 6.78. The SMILES string of the molecule is COc1cc(COP(CCC#N)N(C(C)C)C(C)C)c([N+](=O)[O-])cc1OCCCCCC(=O)O[Si](C)(C)C. The molecular formula is C26H44N3O7PSi. The molecule has 0 saturated heterocycles. The van der Waals surface area contributed by atoms with Gasteiger partial charge in [-0.3, -0.25) is 19.6 Å². The number of carbonyl (C=O) groups excluding carboxylic acids is 1. The molecule has 0 radical (unpaired) electrons. The number of nitriles is 1. The number of hydrogen-bond acceptors (Lipinski definition) is 9. The molecule has 0 heterocycles. The van der Waals surface area contributed by atoms with E-state index < -0.39 is 21.5 Å². The van der Waals surface area contributed by atoms with Crippen molar-refractivity contribution in [1.82, 2.24) is 4.67 Å². The van der Waals surface area contributed by atoms with Gasteiger partial charge in [0.15, 0.2) is 11.5 Å². The van der Waals surface area contributed by atoms with E-state index >= 15 is 0 Å². The number of nitro groups is 1. The van der Waals surface area contributed by atoms with Gasteiger partial charge in [0.1, 0.15) is 8.30 Å². The molecule has 0 fully saturated rings. The number of rotatable bonds is 18. The van der Waals surface area contributed by atoms with Gasteiger partial charge in [0.25, 0.3) is 11.7 Å². The second kappa shape index (κ2) is 16.7. The molecule has 10 nitrogen and oxygen atoms in total. The van der Waals surface area contributed by atoms with Gasteiger partial charge in [0.2, 0.25) is 8.32 Å². The summed E-state index contributed by atoms with van der Waals surface area (Å²) in [5.74, 6) is 0.513. The van der Waals surface area contributed by atoms with Crippen molar-refractivity contribution in [3.63, 3.8) is 0 Å². The van der Waals surface area contributed by atoms with Crippen LogP contribution in [0.15, 0.2) is 12.1 Å². The highest BCUT2D eigenvalue weighted by Crippen LogP contribution is 2.47. The summed E-state index contributed by atoms with van der Waals surface area (Å²) in [4.78, 5) is 23.3. The van der Waals surface area contributed by atoms with E-state index in [1.165, 1.54) is 13.2 Å². The van der Waals surface area contributed by atoms with Crippen LogP contribution in [-0.4, -0.2) is 55.8 Å². The molecule has 1 unspecified atom stereocenters.